The molecule has 0 N–H and O–H groups in total. The Bertz CT molecular complexity index is 759. The van der Waals surface area contributed by atoms with Crippen molar-refractivity contribution in [1.29, 1.82) is 0 Å². The Hall–Kier alpha value is -2.16. The van der Waals surface area contributed by atoms with Crippen LogP contribution < -0.4 is 5.43 Å². The van der Waals surface area contributed by atoms with Gasteiger partial charge in [-0.05, 0) is 11.5 Å². The summed E-state index contributed by atoms with van der Waals surface area (Å²) in [5.74, 6) is 0.0684. The van der Waals surface area contributed by atoms with E-state index in [9.17, 15) is 9.18 Å². The fraction of sp³-hybridized carbons (Fsp3) is 0.0714. The summed E-state index contributed by atoms with van der Waals surface area (Å²) in [6.07, 6.45) is 0. The Balaban J connectivity index is 2.56. The summed E-state index contributed by atoms with van der Waals surface area (Å²) in [6, 6.07) is 12.3. The third kappa shape index (κ3) is 1.51. The molecule has 0 aliphatic heterocycles. The van der Waals surface area contributed by atoms with Gasteiger partial charge in [0.1, 0.15) is 18.0 Å². The van der Waals surface area contributed by atoms with E-state index in [0.717, 1.165) is 10.8 Å². The molecule has 0 saturated carbocycles. The van der Waals surface area contributed by atoms with Crippen molar-refractivity contribution in [1.82, 2.24) is 0 Å². The second kappa shape index (κ2) is 3.70. The number of fused-ring (bicyclic) bond motifs is 3. The summed E-state index contributed by atoms with van der Waals surface area (Å²) in [6.45, 7) is -0.769. The monoisotopic (exact) mass is 228 g/mol. The third-order valence-corrected chi connectivity index (χ3v) is 2.80. The molecule has 1 aromatic heterocycles. The molecule has 3 aromatic rings. The van der Waals surface area contributed by atoms with Gasteiger partial charge in [-0.2, -0.15) is 0 Å². The van der Waals surface area contributed by atoms with Gasteiger partial charge in [-0.3, -0.25) is 4.79 Å². The van der Waals surface area contributed by atoms with Crippen LogP contribution in [0.5, 0.6) is 0 Å². The lowest BCUT2D eigenvalue weighted by Gasteiger charge is -2.03. The highest BCUT2D eigenvalue weighted by Gasteiger charge is 2.07. The van der Waals surface area contributed by atoms with Gasteiger partial charge < -0.3 is 4.42 Å². The van der Waals surface area contributed by atoms with E-state index in [-0.39, 0.29) is 11.2 Å². The highest BCUT2D eigenvalue weighted by Crippen LogP contribution is 2.24. The second-order valence-electron chi connectivity index (χ2n) is 3.87. The second-order valence-corrected chi connectivity index (χ2v) is 3.87. The van der Waals surface area contributed by atoms with E-state index in [1.54, 1.807) is 6.07 Å². The zero-order chi connectivity index (χ0) is 11.8. The molecular weight excluding hydrogens is 219 g/mol. The summed E-state index contributed by atoms with van der Waals surface area (Å²) >= 11 is 0. The molecule has 0 unspecified atom stereocenters. The first-order chi connectivity index (χ1) is 8.29. The maximum absolute atomic E-state index is 12.6. The Kier molecular flexibility index (Phi) is 2.18. The molecule has 0 atom stereocenters. The molecule has 3 heteroatoms. The largest absolute Gasteiger partial charge is 0.457 e. The van der Waals surface area contributed by atoms with Crippen molar-refractivity contribution < 1.29 is 8.81 Å². The van der Waals surface area contributed by atoms with Gasteiger partial charge in [-0.1, -0.05) is 30.3 Å². The molecule has 0 radical (unpaired) electrons. The van der Waals surface area contributed by atoms with Crippen molar-refractivity contribution in [3.63, 3.8) is 0 Å². The predicted molar refractivity (Wildman–Crippen MR) is 64.8 cm³/mol. The van der Waals surface area contributed by atoms with E-state index >= 15 is 0 Å². The van der Waals surface area contributed by atoms with Crippen LogP contribution in [0.15, 0.2) is 51.7 Å². The van der Waals surface area contributed by atoms with Crippen LogP contribution >= 0.6 is 0 Å². The first-order valence-corrected chi connectivity index (χ1v) is 5.30. The standard InChI is InChI=1S/C14H9FO2/c15-8-10-7-13(16)12-6-5-9-3-1-2-4-11(9)14(12)17-10/h1-7H,8H2. The number of benzene rings is 2. The van der Waals surface area contributed by atoms with Gasteiger partial charge in [0.05, 0.1) is 5.39 Å². The highest BCUT2D eigenvalue weighted by molar-refractivity contribution is 6.03. The molecule has 17 heavy (non-hydrogen) atoms. The van der Waals surface area contributed by atoms with Crippen molar-refractivity contribution in [3.8, 4) is 0 Å². The molecule has 3 rings (SSSR count). The quantitative estimate of drug-likeness (QED) is 0.597. The molecule has 2 aromatic carbocycles. The average molecular weight is 228 g/mol. The fourth-order valence-electron chi connectivity index (χ4n) is 2.00. The predicted octanol–water partition coefficient (Wildman–Crippen LogP) is 3.42. The molecule has 0 amide bonds. The number of rotatable bonds is 1. The molecule has 0 spiro atoms. The fourth-order valence-corrected chi connectivity index (χ4v) is 2.00. The molecule has 0 saturated heterocycles. The maximum atomic E-state index is 12.6. The van der Waals surface area contributed by atoms with E-state index in [2.05, 4.69) is 0 Å². The lowest BCUT2D eigenvalue weighted by Crippen LogP contribution is -2.01. The van der Waals surface area contributed by atoms with Gasteiger partial charge in [0, 0.05) is 11.5 Å². The number of hydrogen-bond acceptors (Lipinski definition) is 2. The minimum atomic E-state index is -0.769. The van der Waals surface area contributed by atoms with Gasteiger partial charge >= 0.3 is 0 Å². The summed E-state index contributed by atoms with van der Waals surface area (Å²) in [4.78, 5) is 11.8. The van der Waals surface area contributed by atoms with Gasteiger partial charge in [-0.25, -0.2) is 4.39 Å². The van der Waals surface area contributed by atoms with Crippen molar-refractivity contribution >= 4 is 21.7 Å². The first-order valence-electron chi connectivity index (χ1n) is 5.30. The molecule has 0 aliphatic carbocycles. The van der Waals surface area contributed by atoms with Crippen molar-refractivity contribution in [2.75, 3.05) is 0 Å². The van der Waals surface area contributed by atoms with Crippen LogP contribution in [0.2, 0.25) is 0 Å². The van der Waals surface area contributed by atoms with Gasteiger partial charge in [0.2, 0.25) is 0 Å². The maximum Gasteiger partial charge on any atom is 0.193 e. The topological polar surface area (TPSA) is 30.2 Å². The molecule has 0 fully saturated rings. The van der Waals surface area contributed by atoms with Crippen LogP contribution in [0.4, 0.5) is 4.39 Å². The lowest BCUT2D eigenvalue weighted by molar-refractivity contribution is 0.401. The van der Waals surface area contributed by atoms with Crippen LogP contribution in [-0.4, -0.2) is 0 Å². The zero-order valence-corrected chi connectivity index (χ0v) is 8.94. The molecular formula is C14H9FO2. The lowest BCUT2D eigenvalue weighted by atomic mass is 10.1. The van der Waals surface area contributed by atoms with Crippen molar-refractivity contribution in [2.24, 2.45) is 0 Å². The van der Waals surface area contributed by atoms with E-state index < -0.39 is 6.67 Å². The molecule has 1 heterocycles. The van der Waals surface area contributed by atoms with Crippen LogP contribution in [0.1, 0.15) is 5.76 Å². The summed E-state index contributed by atoms with van der Waals surface area (Å²) in [5, 5.41) is 2.29. The number of hydrogen-bond donors (Lipinski definition) is 0. The Morgan fingerprint density at radius 1 is 1.06 bits per heavy atom. The van der Waals surface area contributed by atoms with E-state index in [1.165, 1.54) is 6.07 Å². The normalized spacial score (nSPS) is 11.1. The Labute approximate surface area is 96.3 Å². The van der Waals surface area contributed by atoms with Gasteiger partial charge in [-0.15, -0.1) is 0 Å². The SMILES string of the molecule is O=c1cc(CF)oc2c1ccc1ccccc12. The molecule has 2 nitrogen and oxygen atoms in total. The van der Waals surface area contributed by atoms with Crippen LogP contribution in [0, 0.1) is 0 Å². The summed E-state index contributed by atoms with van der Waals surface area (Å²) in [7, 11) is 0. The molecule has 0 bridgehead atoms. The van der Waals surface area contributed by atoms with E-state index in [4.69, 9.17) is 4.42 Å². The zero-order valence-electron chi connectivity index (χ0n) is 8.94. The van der Waals surface area contributed by atoms with E-state index in [1.807, 2.05) is 30.3 Å². The molecule has 84 valence electrons. The van der Waals surface area contributed by atoms with E-state index in [0.29, 0.717) is 11.0 Å². The third-order valence-electron chi connectivity index (χ3n) is 2.80. The summed E-state index contributed by atoms with van der Waals surface area (Å²) in [5.41, 5.74) is 0.257. The average Bonchev–Trinajstić information content (AvgIpc) is 2.38. The van der Waals surface area contributed by atoms with Crippen LogP contribution in [0.25, 0.3) is 21.7 Å². The summed E-state index contributed by atoms with van der Waals surface area (Å²) < 4.78 is 18.0. The van der Waals surface area contributed by atoms with Crippen molar-refractivity contribution in [3.05, 3.63) is 58.4 Å². The van der Waals surface area contributed by atoms with Crippen LogP contribution in [-0.2, 0) is 6.67 Å². The molecule has 0 aliphatic rings. The Morgan fingerprint density at radius 3 is 2.71 bits per heavy atom. The minimum Gasteiger partial charge on any atom is -0.457 e. The number of alkyl halides is 1. The smallest absolute Gasteiger partial charge is 0.193 e. The highest BCUT2D eigenvalue weighted by atomic mass is 19.1. The van der Waals surface area contributed by atoms with Crippen molar-refractivity contribution in [2.45, 2.75) is 6.67 Å². The first kappa shape index (κ1) is 10.0. The number of halogens is 1. The van der Waals surface area contributed by atoms with Gasteiger partial charge in [0.15, 0.2) is 5.43 Å². The van der Waals surface area contributed by atoms with Gasteiger partial charge in [0.25, 0.3) is 0 Å². The Morgan fingerprint density at radius 2 is 1.88 bits per heavy atom. The minimum absolute atomic E-state index is 0.0684. The van der Waals surface area contributed by atoms with Crippen LogP contribution in [0.3, 0.4) is 0 Å².